The molecule has 0 aliphatic rings. The van der Waals surface area contributed by atoms with Gasteiger partial charge in [0.15, 0.2) is 0 Å². The molecule has 1 aromatic rings. The first-order valence-electron chi connectivity index (χ1n) is 4.78. The fourth-order valence-electron chi connectivity index (χ4n) is 1.23. The minimum atomic E-state index is -3.22. The van der Waals surface area contributed by atoms with Crippen LogP contribution in [0.25, 0.3) is 0 Å². The Bertz CT molecular complexity index is 430. The SMILES string of the molecule is CC(C)(CNc1ncccn1)NS(C)(=O)=O. The zero-order valence-electron chi connectivity index (χ0n) is 9.56. The molecule has 7 heteroatoms. The monoisotopic (exact) mass is 244 g/mol. The molecule has 1 aromatic heterocycles. The van der Waals surface area contributed by atoms with Crippen LogP contribution in [0.2, 0.25) is 0 Å². The van der Waals surface area contributed by atoms with Gasteiger partial charge in [0.1, 0.15) is 0 Å². The van der Waals surface area contributed by atoms with E-state index >= 15 is 0 Å². The molecule has 0 bridgehead atoms. The van der Waals surface area contributed by atoms with Crippen LogP contribution < -0.4 is 10.0 Å². The van der Waals surface area contributed by atoms with Crippen LogP contribution in [0.1, 0.15) is 13.8 Å². The van der Waals surface area contributed by atoms with E-state index in [-0.39, 0.29) is 0 Å². The van der Waals surface area contributed by atoms with Gasteiger partial charge in [0, 0.05) is 24.5 Å². The summed E-state index contributed by atoms with van der Waals surface area (Å²) in [5.41, 5.74) is -0.590. The second kappa shape index (κ2) is 4.75. The van der Waals surface area contributed by atoms with Gasteiger partial charge in [0.25, 0.3) is 0 Å². The molecule has 2 N–H and O–H groups in total. The number of sulfonamides is 1. The highest BCUT2D eigenvalue weighted by Gasteiger charge is 2.21. The fraction of sp³-hybridized carbons (Fsp3) is 0.556. The summed E-state index contributed by atoms with van der Waals surface area (Å²) in [5, 5.41) is 2.96. The Morgan fingerprint density at radius 1 is 1.31 bits per heavy atom. The van der Waals surface area contributed by atoms with Crippen molar-refractivity contribution in [3.05, 3.63) is 18.5 Å². The molecule has 1 rings (SSSR count). The summed E-state index contributed by atoms with van der Waals surface area (Å²) < 4.78 is 24.7. The largest absolute Gasteiger partial charge is 0.352 e. The third-order valence-electron chi connectivity index (χ3n) is 1.72. The average Bonchev–Trinajstić information content (AvgIpc) is 2.13. The summed E-state index contributed by atoms with van der Waals surface area (Å²) >= 11 is 0. The van der Waals surface area contributed by atoms with Gasteiger partial charge < -0.3 is 5.32 Å². The van der Waals surface area contributed by atoms with E-state index < -0.39 is 15.6 Å². The van der Waals surface area contributed by atoms with Crippen LogP contribution in [0.4, 0.5) is 5.95 Å². The first kappa shape index (κ1) is 12.9. The molecule has 6 nitrogen and oxygen atoms in total. The molecule has 1 heterocycles. The molecule has 90 valence electrons. The first-order valence-corrected chi connectivity index (χ1v) is 6.67. The van der Waals surface area contributed by atoms with Crippen molar-refractivity contribution in [2.75, 3.05) is 18.1 Å². The number of anilines is 1. The Morgan fingerprint density at radius 2 is 1.88 bits per heavy atom. The lowest BCUT2D eigenvalue weighted by molar-refractivity contribution is 0.475. The van der Waals surface area contributed by atoms with Crippen molar-refractivity contribution in [1.29, 1.82) is 0 Å². The van der Waals surface area contributed by atoms with Crippen LogP contribution in [0.5, 0.6) is 0 Å². The summed E-state index contributed by atoms with van der Waals surface area (Å²) in [6, 6.07) is 1.71. The normalized spacial score (nSPS) is 12.4. The second-order valence-corrected chi connectivity index (χ2v) is 5.93. The van der Waals surface area contributed by atoms with Crippen LogP contribution in [-0.4, -0.2) is 36.7 Å². The third-order valence-corrected chi connectivity index (χ3v) is 2.64. The zero-order chi connectivity index (χ0) is 12.2. The number of rotatable bonds is 5. The lowest BCUT2D eigenvalue weighted by Crippen LogP contribution is -2.47. The van der Waals surface area contributed by atoms with E-state index in [2.05, 4.69) is 20.0 Å². The highest BCUT2D eigenvalue weighted by molar-refractivity contribution is 7.88. The van der Waals surface area contributed by atoms with E-state index in [0.717, 1.165) is 6.26 Å². The lowest BCUT2D eigenvalue weighted by Gasteiger charge is -2.25. The standard InChI is InChI=1S/C9H16N4O2S/c1-9(2,13-16(3,14)15)7-12-8-10-5-4-6-11-8/h4-6,13H,7H2,1-3H3,(H,10,11,12). The van der Waals surface area contributed by atoms with E-state index in [0.29, 0.717) is 12.5 Å². The van der Waals surface area contributed by atoms with Gasteiger partial charge in [-0.05, 0) is 19.9 Å². The number of hydrogen-bond acceptors (Lipinski definition) is 5. The minimum Gasteiger partial charge on any atom is -0.352 e. The molecule has 0 saturated heterocycles. The van der Waals surface area contributed by atoms with Gasteiger partial charge in [-0.25, -0.2) is 23.1 Å². The topological polar surface area (TPSA) is 84.0 Å². The van der Waals surface area contributed by atoms with Crippen LogP contribution in [0.15, 0.2) is 18.5 Å². The predicted octanol–water partition coefficient (Wildman–Crippen LogP) is 0.216. The summed E-state index contributed by atoms with van der Waals surface area (Å²) in [6.07, 6.45) is 4.37. The Hall–Kier alpha value is -1.21. The van der Waals surface area contributed by atoms with Crippen molar-refractivity contribution in [2.24, 2.45) is 0 Å². The molecule has 0 unspecified atom stereocenters. The second-order valence-electron chi connectivity index (χ2n) is 4.18. The maximum atomic E-state index is 11.1. The molecule has 0 spiro atoms. The maximum absolute atomic E-state index is 11.1. The molecule has 0 amide bonds. The quantitative estimate of drug-likeness (QED) is 0.774. The van der Waals surface area contributed by atoms with E-state index in [1.54, 1.807) is 32.3 Å². The fourth-order valence-corrected chi connectivity index (χ4v) is 2.30. The summed E-state index contributed by atoms with van der Waals surface area (Å²) in [6.45, 7) is 3.97. The Labute approximate surface area is 95.6 Å². The molecule has 0 aliphatic carbocycles. The van der Waals surface area contributed by atoms with Crippen LogP contribution in [0, 0.1) is 0 Å². The van der Waals surface area contributed by atoms with Gasteiger partial charge >= 0.3 is 0 Å². The average molecular weight is 244 g/mol. The molecule has 0 radical (unpaired) electrons. The zero-order valence-corrected chi connectivity index (χ0v) is 10.4. The van der Waals surface area contributed by atoms with Crippen molar-refractivity contribution in [3.8, 4) is 0 Å². The van der Waals surface area contributed by atoms with Crippen LogP contribution in [0.3, 0.4) is 0 Å². The smallest absolute Gasteiger partial charge is 0.222 e. The maximum Gasteiger partial charge on any atom is 0.222 e. The van der Waals surface area contributed by atoms with Crippen LogP contribution in [-0.2, 0) is 10.0 Å². The highest BCUT2D eigenvalue weighted by Crippen LogP contribution is 2.05. The number of aromatic nitrogens is 2. The Balaban J connectivity index is 2.55. The Morgan fingerprint density at radius 3 is 2.38 bits per heavy atom. The van der Waals surface area contributed by atoms with Crippen molar-refractivity contribution in [3.63, 3.8) is 0 Å². The van der Waals surface area contributed by atoms with Gasteiger partial charge in [0.2, 0.25) is 16.0 Å². The predicted molar refractivity (Wildman–Crippen MR) is 62.6 cm³/mol. The highest BCUT2D eigenvalue weighted by atomic mass is 32.2. The third kappa shape index (κ3) is 5.04. The van der Waals surface area contributed by atoms with E-state index in [9.17, 15) is 8.42 Å². The van der Waals surface area contributed by atoms with E-state index in [1.807, 2.05) is 0 Å². The number of hydrogen-bond donors (Lipinski definition) is 2. The van der Waals surface area contributed by atoms with Crippen molar-refractivity contribution in [2.45, 2.75) is 19.4 Å². The molecule has 0 aromatic carbocycles. The van der Waals surface area contributed by atoms with Crippen molar-refractivity contribution >= 4 is 16.0 Å². The number of nitrogens with zero attached hydrogens (tertiary/aromatic N) is 2. The van der Waals surface area contributed by atoms with Crippen LogP contribution >= 0.6 is 0 Å². The van der Waals surface area contributed by atoms with Gasteiger partial charge in [-0.1, -0.05) is 0 Å². The van der Waals surface area contributed by atoms with E-state index in [4.69, 9.17) is 0 Å². The number of nitrogens with one attached hydrogen (secondary N) is 2. The summed E-state index contributed by atoms with van der Waals surface area (Å²) in [7, 11) is -3.22. The van der Waals surface area contributed by atoms with Crippen molar-refractivity contribution in [1.82, 2.24) is 14.7 Å². The molecule has 16 heavy (non-hydrogen) atoms. The molecule has 0 aliphatic heterocycles. The molecule has 0 atom stereocenters. The van der Waals surface area contributed by atoms with Gasteiger partial charge in [-0.15, -0.1) is 0 Å². The molecule has 0 fully saturated rings. The van der Waals surface area contributed by atoms with Gasteiger partial charge in [0.05, 0.1) is 6.26 Å². The first-order chi connectivity index (χ1) is 7.29. The van der Waals surface area contributed by atoms with Gasteiger partial charge in [-0.3, -0.25) is 0 Å². The van der Waals surface area contributed by atoms with Crippen molar-refractivity contribution < 1.29 is 8.42 Å². The molecular weight excluding hydrogens is 228 g/mol. The van der Waals surface area contributed by atoms with E-state index in [1.165, 1.54) is 0 Å². The lowest BCUT2D eigenvalue weighted by atomic mass is 10.1. The minimum absolute atomic E-state index is 0.407. The summed E-state index contributed by atoms with van der Waals surface area (Å²) in [5.74, 6) is 0.478. The molecular formula is C9H16N4O2S. The van der Waals surface area contributed by atoms with Gasteiger partial charge in [-0.2, -0.15) is 0 Å². The summed E-state index contributed by atoms with van der Waals surface area (Å²) in [4.78, 5) is 7.96. The Kier molecular flexibility index (Phi) is 3.82. The molecule has 0 saturated carbocycles.